The minimum atomic E-state index is -0.882. The molecule has 0 saturated carbocycles. The van der Waals surface area contributed by atoms with E-state index in [2.05, 4.69) is 58.2 Å². The number of carbonyl (C=O) groups excluding carboxylic acids is 11. The molecule has 0 radical (unpaired) electrons. The number of esters is 5. The maximum Gasteiger partial charge on any atom is 0.329 e. The van der Waals surface area contributed by atoms with Crippen molar-refractivity contribution in [1.29, 1.82) is 0 Å². The molecule has 644 valence electrons. The lowest BCUT2D eigenvalue weighted by Crippen LogP contribution is -2.44. The first kappa shape index (κ1) is 102. The summed E-state index contributed by atoms with van der Waals surface area (Å²) in [5.41, 5.74) is 0. The second-order valence-corrected chi connectivity index (χ2v) is 32.0. The maximum atomic E-state index is 12.5. The fourth-order valence-corrected chi connectivity index (χ4v) is 15.3. The smallest absolute Gasteiger partial charge is 0.329 e. The van der Waals surface area contributed by atoms with E-state index >= 15 is 0 Å². The summed E-state index contributed by atoms with van der Waals surface area (Å²) in [6.45, 7) is 19.0. The molecular formula is C81H111N13O18S6. The van der Waals surface area contributed by atoms with Crippen molar-refractivity contribution in [2.45, 2.75) is 121 Å². The number of hydrogen-bond acceptors (Lipinski definition) is 23. The number of aryl methyl sites for hydroxylation is 7. The van der Waals surface area contributed by atoms with Crippen LogP contribution in [0.5, 0.6) is 0 Å². The van der Waals surface area contributed by atoms with Gasteiger partial charge in [-0.25, -0.2) is 24.0 Å². The molecule has 0 bridgehead atoms. The second kappa shape index (κ2) is 64.7. The molecule has 31 nitrogen and oxygen atoms in total. The minimum absolute atomic E-state index is 0.0264. The molecule has 0 spiro atoms. The normalized spacial score (nSPS) is 11.6. The number of ether oxygens (including phenoxy) is 5. The van der Waals surface area contributed by atoms with Crippen molar-refractivity contribution in [3.8, 4) is 0 Å². The Labute approximate surface area is 713 Å². The van der Waals surface area contributed by atoms with E-state index in [9.17, 15) is 57.5 Å². The molecule has 0 aliphatic heterocycles. The van der Waals surface area contributed by atoms with Crippen molar-refractivity contribution in [3.63, 3.8) is 0 Å². The van der Waals surface area contributed by atoms with Gasteiger partial charge in [-0.05, 0) is 91.2 Å². The summed E-state index contributed by atoms with van der Waals surface area (Å²) >= 11 is 3.26. The van der Waals surface area contributed by atoms with Crippen LogP contribution in [0.15, 0.2) is 222 Å². The number of hydrogen-bond donors (Lipinski definition) is 7. The van der Waals surface area contributed by atoms with Crippen molar-refractivity contribution >= 4 is 138 Å². The number of methoxy groups -OCH3 is 2. The van der Waals surface area contributed by atoms with Crippen molar-refractivity contribution < 1.29 is 86.3 Å². The van der Waals surface area contributed by atoms with E-state index in [0.29, 0.717) is 57.9 Å². The van der Waals surface area contributed by atoms with Crippen LogP contribution in [0.25, 0.3) is 0 Å². The predicted octanol–water partition coefficient (Wildman–Crippen LogP) is 8.38. The van der Waals surface area contributed by atoms with Crippen LogP contribution in [0.4, 0.5) is 0 Å². The molecule has 7 heterocycles. The Bertz CT molecular complexity index is 3820. The fraction of sp³-hybridized carbons (Fsp3) is 0.407. The highest BCUT2D eigenvalue weighted by Gasteiger charge is 2.28. The molecule has 6 amide bonds. The Morgan fingerprint density at radius 2 is 0.568 bits per heavy atom. The molecule has 7 aromatic heterocycles. The zero-order valence-electron chi connectivity index (χ0n) is 66.8. The van der Waals surface area contributed by atoms with Crippen LogP contribution in [0.3, 0.4) is 0 Å². The Morgan fingerprint density at radius 1 is 0.339 bits per heavy atom. The number of carboxylic acid groups (broad SMARTS) is 1. The van der Waals surface area contributed by atoms with Crippen LogP contribution in [-0.2, 0) is 127 Å². The van der Waals surface area contributed by atoms with E-state index in [1.165, 1.54) is 87.4 Å². The lowest BCUT2D eigenvalue weighted by atomic mass is 10.3. The third-order valence-electron chi connectivity index (χ3n) is 15.6. The zero-order valence-corrected chi connectivity index (χ0v) is 71.7. The van der Waals surface area contributed by atoms with Crippen LogP contribution in [0.1, 0.15) is 44.9 Å². The van der Waals surface area contributed by atoms with Gasteiger partial charge >= 0.3 is 35.8 Å². The minimum Gasteiger partial charge on any atom is -0.481 e. The first-order chi connectivity index (χ1) is 57.1. The quantitative estimate of drug-likeness (QED) is 0.00618. The number of thioether (sulfide) groups is 2. The molecule has 0 fully saturated rings. The van der Waals surface area contributed by atoms with E-state index in [0.717, 1.165) is 24.6 Å². The van der Waals surface area contributed by atoms with Gasteiger partial charge in [0.15, 0.2) is 0 Å². The summed E-state index contributed by atoms with van der Waals surface area (Å²) in [4.78, 5) is 144. The van der Waals surface area contributed by atoms with Crippen LogP contribution in [-0.4, -0.2) is 226 Å². The predicted molar refractivity (Wildman–Crippen MR) is 467 cm³/mol. The van der Waals surface area contributed by atoms with Crippen LogP contribution in [0, 0.1) is 0 Å². The van der Waals surface area contributed by atoms with E-state index in [1.54, 1.807) is 11.8 Å². The second-order valence-electron chi connectivity index (χ2n) is 24.8. The van der Waals surface area contributed by atoms with Crippen molar-refractivity contribution in [1.82, 2.24) is 63.9 Å². The SMILES string of the molecule is C=CCOC(=O)[C@@H](CSC)NC(=O)CCn1cccc1.C=CCOC(=O)[C@H](CSSC[C@@H](NC(=O)CCn1cccc1)C(=O)OCC=C)NC(=O)CCn1cccc1.C=CCSCCNC(=O)CCn1cccc1.COC(=O)[C@H](CSSC[C@@H](NC(=O)CCn1cccc1)C(=O)OC)NC(=O)CCn1cccc1.O=C(O)CCn1cccc1. The van der Waals surface area contributed by atoms with Gasteiger partial charge < -0.3 is 92.7 Å². The van der Waals surface area contributed by atoms with Crippen LogP contribution in [0.2, 0.25) is 0 Å². The summed E-state index contributed by atoms with van der Waals surface area (Å²) in [5, 5.41) is 24.7. The molecule has 7 rings (SSSR count). The zero-order chi connectivity index (χ0) is 86.2. The number of carboxylic acids is 1. The summed E-state index contributed by atoms with van der Waals surface area (Å²) in [6, 6.07) is 22.4. The molecule has 7 aromatic rings. The summed E-state index contributed by atoms with van der Waals surface area (Å²) in [6.07, 6.45) is 36.3. The molecule has 0 aromatic carbocycles. The highest BCUT2D eigenvalue weighted by molar-refractivity contribution is 8.77. The van der Waals surface area contributed by atoms with E-state index in [4.69, 9.17) is 28.8 Å². The maximum absolute atomic E-state index is 12.5. The lowest BCUT2D eigenvalue weighted by Gasteiger charge is -2.19. The van der Waals surface area contributed by atoms with Gasteiger partial charge in [0.1, 0.15) is 50.0 Å². The fourth-order valence-electron chi connectivity index (χ4n) is 9.58. The third kappa shape index (κ3) is 49.0. The third-order valence-corrected chi connectivity index (χ3v) is 22.1. The summed E-state index contributed by atoms with van der Waals surface area (Å²) in [7, 11) is 7.65. The van der Waals surface area contributed by atoms with Crippen LogP contribution < -0.4 is 31.9 Å². The standard InChI is InChI=1S/C26H34N4O6S2.C22H30N4O6S2.C14H20N2O3S.C12H18N2OS.C7H9NO2/c1-3-17-35-25(33)21(27-23(31)9-15-29-11-5-6-12-29)19-37-38-20-22(26(34)36-18-4-2)28-24(32)10-16-30-13-7-8-14-30;1-31-21(29)17(23-19(27)7-13-25-9-3-4-10-25)15-33-34-16-18(22(30)32-2)24-20(28)8-14-26-11-5-6-12-26;1-3-10-19-14(18)12(11-20-2)15-13(17)6-9-16-7-4-5-8-16;1-2-10-16-11-6-13-12(15)5-9-14-7-3-4-8-14;9-7(10)3-6-8-4-1-2-5-8/h3-8,11-14,21-22H,1-2,9-10,15-20H2,(H,27,31)(H,28,32);3-6,9-12,17-18H,7-8,13-16H2,1-2H3,(H,23,27)(H,24,28);3-5,7-8,12H,1,6,9-11H2,2H3,(H,15,17);2-4,7-8H,1,5-6,9-11H2,(H,13,15);1-2,4-5H,3,6H2,(H,9,10)/t21-,22+;17-,18+;12-;;/m..1../s1. The van der Waals surface area contributed by atoms with Gasteiger partial charge in [0.2, 0.25) is 35.4 Å². The van der Waals surface area contributed by atoms with Gasteiger partial charge in [-0.3, -0.25) is 33.6 Å². The molecule has 118 heavy (non-hydrogen) atoms. The average molecular weight is 1750 g/mol. The van der Waals surface area contributed by atoms with Gasteiger partial charge in [0.05, 0.1) is 20.6 Å². The molecule has 7 N–H and O–H groups in total. The molecule has 0 aliphatic carbocycles. The summed E-state index contributed by atoms with van der Waals surface area (Å²) in [5.74, 6) is -1.32. The van der Waals surface area contributed by atoms with Gasteiger partial charge in [-0.1, -0.05) is 87.2 Å². The Hall–Kier alpha value is -10.3. The number of aliphatic carboxylic acids is 1. The average Bonchev–Trinajstić information content (AvgIpc) is 1.06. The molecule has 0 unspecified atom stereocenters. The largest absolute Gasteiger partial charge is 0.481 e. The Morgan fingerprint density at radius 3 is 0.788 bits per heavy atom. The highest BCUT2D eigenvalue weighted by Crippen LogP contribution is 2.25. The lowest BCUT2D eigenvalue weighted by molar-refractivity contribution is -0.146. The van der Waals surface area contributed by atoms with Crippen molar-refractivity contribution in [3.05, 3.63) is 222 Å². The van der Waals surface area contributed by atoms with Crippen molar-refractivity contribution in [2.24, 2.45) is 0 Å². The topological polar surface area (TPSA) is 378 Å². The van der Waals surface area contributed by atoms with Gasteiger partial charge in [-0.15, -0.1) is 6.58 Å². The van der Waals surface area contributed by atoms with Gasteiger partial charge in [0.25, 0.3) is 0 Å². The molecule has 0 aliphatic rings. The number of amides is 6. The van der Waals surface area contributed by atoms with Gasteiger partial charge in [0, 0.05) is 218 Å². The van der Waals surface area contributed by atoms with Gasteiger partial charge in [-0.2, -0.15) is 23.5 Å². The first-order valence-electron chi connectivity index (χ1n) is 37.5. The first-order valence-corrected chi connectivity index (χ1v) is 45.0. The Kier molecular flexibility index (Phi) is 55.8. The highest BCUT2D eigenvalue weighted by atomic mass is 33.1. The summed E-state index contributed by atoms with van der Waals surface area (Å²) < 4.78 is 38.1. The number of nitrogens with one attached hydrogen (secondary N) is 6. The molecule has 0 saturated heterocycles. The van der Waals surface area contributed by atoms with E-state index in [-0.39, 0.29) is 110 Å². The monoisotopic (exact) mass is 1750 g/mol. The molecule has 37 heteroatoms. The van der Waals surface area contributed by atoms with E-state index in [1.807, 2.05) is 216 Å². The Balaban J connectivity index is 0.000000407. The van der Waals surface area contributed by atoms with E-state index < -0.39 is 66.0 Å². The molecular weight excluding hydrogens is 1640 g/mol. The number of aromatic nitrogens is 7. The number of nitrogens with zero attached hydrogens (tertiary/aromatic N) is 7. The van der Waals surface area contributed by atoms with Crippen molar-refractivity contribution in [2.75, 3.05) is 87.1 Å². The number of rotatable bonds is 54. The molecule has 5 atom stereocenters. The van der Waals surface area contributed by atoms with Crippen LogP contribution >= 0.6 is 66.7 Å². The number of carbonyl (C=O) groups is 12.